The Balaban J connectivity index is 1.56. The number of aromatic nitrogens is 3. The second-order valence-corrected chi connectivity index (χ2v) is 5.67. The lowest BCUT2D eigenvalue weighted by atomic mass is 10.2. The van der Waals surface area contributed by atoms with Gasteiger partial charge in [-0.3, -0.25) is 4.79 Å². The summed E-state index contributed by atoms with van der Waals surface area (Å²) in [6.45, 7) is 0. The third-order valence-electron chi connectivity index (χ3n) is 4.10. The minimum absolute atomic E-state index is 0.0814. The molecular weight excluding hydrogens is 271 g/mol. The topological polar surface area (TPSA) is 59.8 Å². The Morgan fingerprint density at radius 2 is 1.95 bits per heavy atom. The second kappa shape index (κ2) is 4.65. The van der Waals surface area contributed by atoms with E-state index in [1.807, 2.05) is 4.57 Å². The van der Waals surface area contributed by atoms with Crippen LogP contribution < -0.4 is 5.32 Å². The van der Waals surface area contributed by atoms with Gasteiger partial charge in [0.15, 0.2) is 0 Å². The third-order valence-corrected chi connectivity index (χ3v) is 4.10. The first kappa shape index (κ1) is 12.5. The fourth-order valence-corrected chi connectivity index (χ4v) is 2.87. The largest absolute Gasteiger partial charge is 0.324 e. The first-order valence-corrected chi connectivity index (χ1v) is 7.22. The molecular formula is C15H15FN4O. The van der Waals surface area contributed by atoms with Crippen molar-refractivity contribution in [1.82, 2.24) is 14.8 Å². The molecule has 4 rings (SSSR count). The number of carbonyl (C=O) groups is 1. The van der Waals surface area contributed by atoms with Gasteiger partial charge in [-0.2, -0.15) is 0 Å². The highest BCUT2D eigenvalue weighted by molar-refractivity contribution is 5.94. The maximum absolute atomic E-state index is 12.9. The number of nitrogens with one attached hydrogen (secondary N) is 1. The van der Waals surface area contributed by atoms with Crippen LogP contribution in [0.25, 0.3) is 0 Å². The van der Waals surface area contributed by atoms with Crippen molar-refractivity contribution < 1.29 is 9.18 Å². The van der Waals surface area contributed by atoms with Crippen molar-refractivity contribution in [3.8, 4) is 0 Å². The van der Waals surface area contributed by atoms with Crippen molar-refractivity contribution in [3.63, 3.8) is 0 Å². The maximum Gasteiger partial charge on any atom is 0.247 e. The summed E-state index contributed by atoms with van der Waals surface area (Å²) in [5.41, 5.74) is 0.607. The van der Waals surface area contributed by atoms with Crippen LogP contribution in [0.1, 0.15) is 42.9 Å². The molecule has 1 unspecified atom stereocenters. The van der Waals surface area contributed by atoms with Gasteiger partial charge in [0.25, 0.3) is 0 Å². The lowest BCUT2D eigenvalue weighted by molar-refractivity contribution is -0.119. The quantitative estimate of drug-likeness (QED) is 0.942. The van der Waals surface area contributed by atoms with E-state index in [1.165, 1.54) is 12.1 Å². The number of hydrogen-bond donors (Lipinski definition) is 1. The standard InChI is InChI=1S/C15H15FN4O/c16-10-3-5-11(6-4-10)17-15(21)12-7-8-13-18-19-14(20(12)13)9-1-2-9/h3-6,9,12H,1-2,7-8H2,(H,17,21). The van der Waals surface area contributed by atoms with Crippen LogP contribution in [-0.4, -0.2) is 20.7 Å². The molecule has 1 fully saturated rings. The molecule has 1 atom stereocenters. The molecule has 6 heteroatoms. The Hall–Kier alpha value is -2.24. The molecule has 0 spiro atoms. The maximum atomic E-state index is 12.9. The Labute approximate surface area is 121 Å². The van der Waals surface area contributed by atoms with Crippen molar-refractivity contribution in [1.29, 1.82) is 0 Å². The van der Waals surface area contributed by atoms with Crippen molar-refractivity contribution in [2.24, 2.45) is 0 Å². The highest BCUT2D eigenvalue weighted by Crippen LogP contribution is 2.42. The van der Waals surface area contributed by atoms with Crippen molar-refractivity contribution in [2.75, 3.05) is 5.32 Å². The van der Waals surface area contributed by atoms with Crippen LogP contribution >= 0.6 is 0 Å². The van der Waals surface area contributed by atoms with Crippen LogP contribution in [0, 0.1) is 5.82 Å². The number of fused-ring (bicyclic) bond motifs is 1. The molecule has 2 aliphatic rings. The smallest absolute Gasteiger partial charge is 0.247 e. The van der Waals surface area contributed by atoms with Crippen LogP contribution in [0.5, 0.6) is 0 Å². The SMILES string of the molecule is O=C(Nc1ccc(F)cc1)C1CCc2nnc(C3CC3)n21. The fraction of sp³-hybridized carbons (Fsp3) is 0.400. The molecule has 1 N–H and O–H groups in total. The molecule has 1 aliphatic heterocycles. The van der Waals surface area contributed by atoms with Crippen molar-refractivity contribution in [3.05, 3.63) is 41.7 Å². The Bertz CT molecular complexity index is 690. The summed E-state index contributed by atoms with van der Waals surface area (Å²) >= 11 is 0. The minimum atomic E-state index is -0.314. The molecule has 0 bridgehead atoms. The molecule has 1 amide bonds. The molecule has 108 valence electrons. The van der Waals surface area contributed by atoms with E-state index in [4.69, 9.17) is 0 Å². The van der Waals surface area contributed by atoms with E-state index in [1.54, 1.807) is 12.1 Å². The summed E-state index contributed by atoms with van der Waals surface area (Å²) in [5, 5.41) is 11.3. The number of halogens is 1. The van der Waals surface area contributed by atoms with Gasteiger partial charge >= 0.3 is 0 Å². The number of anilines is 1. The Kier molecular flexibility index (Phi) is 2.77. The van der Waals surface area contributed by atoms with Gasteiger partial charge < -0.3 is 9.88 Å². The number of aryl methyl sites for hydroxylation is 1. The number of nitrogens with zero attached hydrogens (tertiary/aromatic N) is 3. The van der Waals surface area contributed by atoms with E-state index in [-0.39, 0.29) is 17.8 Å². The average molecular weight is 286 g/mol. The van der Waals surface area contributed by atoms with Crippen LogP contribution in [0.15, 0.2) is 24.3 Å². The van der Waals surface area contributed by atoms with Gasteiger partial charge in [0, 0.05) is 18.0 Å². The zero-order chi connectivity index (χ0) is 14.4. The van der Waals surface area contributed by atoms with Gasteiger partial charge in [-0.15, -0.1) is 10.2 Å². The van der Waals surface area contributed by atoms with Gasteiger partial charge in [0.2, 0.25) is 5.91 Å². The molecule has 0 radical (unpaired) electrons. The van der Waals surface area contributed by atoms with E-state index in [0.717, 1.165) is 37.3 Å². The lowest BCUT2D eigenvalue weighted by Gasteiger charge is -2.15. The fourth-order valence-electron chi connectivity index (χ4n) is 2.87. The molecule has 21 heavy (non-hydrogen) atoms. The molecule has 2 heterocycles. The molecule has 1 aromatic carbocycles. The summed E-state index contributed by atoms with van der Waals surface area (Å²) < 4.78 is 14.9. The first-order valence-electron chi connectivity index (χ1n) is 7.22. The molecule has 0 saturated heterocycles. The minimum Gasteiger partial charge on any atom is -0.324 e. The second-order valence-electron chi connectivity index (χ2n) is 5.67. The number of carbonyl (C=O) groups excluding carboxylic acids is 1. The number of rotatable bonds is 3. The van der Waals surface area contributed by atoms with Gasteiger partial charge in [-0.05, 0) is 43.5 Å². The first-order chi connectivity index (χ1) is 10.2. The van der Waals surface area contributed by atoms with E-state index in [9.17, 15) is 9.18 Å². The molecule has 1 saturated carbocycles. The predicted octanol–water partition coefficient (Wildman–Crippen LogP) is 2.42. The number of benzene rings is 1. The Morgan fingerprint density at radius 3 is 2.67 bits per heavy atom. The highest BCUT2D eigenvalue weighted by atomic mass is 19.1. The summed E-state index contributed by atoms with van der Waals surface area (Å²) in [6.07, 6.45) is 3.79. The third kappa shape index (κ3) is 2.20. The number of hydrogen-bond acceptors (Lipinski definition) is 3. The van der Waals surface area contributed by atoms with Crippen LogP contribution in [0.4, 0.5) is 10.1 Å². The van der Waals surface area contributed by atoms with Crippen LogP contribution in [0.3, 0.4) is 0 Å². The summed E-state index contributed by atoms with van der Waals surface area (Å²) in [6, 6.07) is 5.55. The zero-order valence-electron chi connectivity index (χ0n) is 11.4. The Morgan fingerprint density at radius 1 is 1.19 bits per heavy atom. The van der Waals surface area contributed by atoms with E-state index < -0.39 is 0 Å². The van der Waals surface area contributed by atoms with E-state index in [0.29, 0.717) is 11.6 Å². The lowest BCUT2D eigenvalue weighted by Crippen LogP contribution is -2.24. The van der Waals surface area contributed by atoms with Crippen LogP contribution in [0.2, 0.25) is 0 Å². The van der Waals surface area contributed by atoms with Gasteiger partial charge in [0.05, 0.1) is 0 Å². The van der Waals surface area contributed by atoms with Crippen molar-refractivity contribution >= 4 is 11.6 Å². The number of amides is 1. The molecule has 1 aliphatic carbocycles. The average Bonchev–Trinajstić information content (AvgIpc) is 3.09. The molecule has 2 aromatic rings. The van der Waals surface area contributed by atoms with Gasteiger partial charge in [0.1, 0.15) is 23.5 Å². The van der Waals surface area contributed by atoms with E-state index >= 15 is 0 Å². The van der Waals surface area contributed by atoms with E-state index in [2.05, 4.69) is 15.5 Å². The summed E-state index contributed by atoms with van der Waals surface area (Å²) in [4.78, 5) is 12.5. The molecule has 1 aromatic heterocycles. The molecule has 5 nitrogen and oxygen atoms in total. The van der Waals surface area contributed by atoms with Gasteiger partial charge in [-0.1, -0.05) is 0 Å². The monoisotopic (exact) mass is 286 g/mol. The van der Waals surface area contributed by atoms with Gasteiger partial charge in [-0.25, -0.2) is 4.39 Å². The zero-order valence-corrected chi connectivity index (χ0v) is 11.4. The van der Waals surface area contributed by atoms with Crippen LogP contribution in [-0.2, 0) is 11.2 Å². The normalized spacial score (nSPS) is 20.3. The summed E-state index contributed by atoms with van der Waals surface area (Å²) in [5.74, 6) is 1.91. The summed E-state index contributed by atoms with van der Waals surface area (Å²) in [7, 11) is 0. The van der Waals surface area contributed by atoms with Crippen molar-refractivity contribution in [2.45, 2.75) is 37.6 Å². The highest BCUT2D eigenvalue weighted by Gasteiger charge is 2.37. The predicted molar refractivity (Wildman–Crippen MR) is 74.4 cm³/mol.